The largest absolute Gasteiger partial charge is 0.381 e. The van der Waals surface area contributed by atoms with Crippen molar-refractivity contribution in [3.63, 3.8) is 0 Å². The lowest BCUT2D eigenvalue weighted by molar-refractivity contribution is -0.00995. The van der Waals surface area contributed by atoms with Crippen molar-refractivity contribution in [2.24, 2.45) is 5.92 Å². The van der Waals surface area contributed by atoms with Crippen molar-refractivity contribution in [3.8, 4) is 0 Å². The van der Waals surface area contributed by atoms with Gasteiger partial charge in [-0.05, 0) is 45.7 Å². The molecule has 0 radical (unpaired) electrons. The van der Waals surface area contributed by atoms with Crippen molar-refractivity contribution < 1.29 is 9.47 Å². The van der Waals surface area contributed by atoms with Gasteiger partial charge in [-0.1, -0.05) is 13.8 Å². The van der Waals surface area contributed by atoms with Crippen LogP contribution in [0.25, 0.3) is 0 Å². The molecule has 0 aromatic heterocycles. The van der Waals surface area contributed by atoms with Gasteiger partial charge in [0.2, 0.25) is 0 Å². The second-order valence-electron chi connectivity index (χ2n) is 5.28. The van der Waals surface area contributed by atoms with Gasteiger partial charge in [0.05, 0.1) is 5.60 Å². The zero-order valence-corrected chi connectivity index (χ0v) is 11.6. The van der Waals surface area contributed by atoms with Gasteiger partial charge < -0.3 is 14.8 Å². The molecule has 16 heavy (non-hydrogen) atoms. The normalized spacial score (nSPS) is 12.4. The van der Waals surface area contributed by atoms with Gasteiger partial charge in [-0.3, -0.25) is 0 Å². The molecule has 0 unspecified atom stereocenters. The number of ether oxygens (including phenoxy) is 2. The van der Waals surface area contributed by atoms with Gasteiger partial charge in [0.25, 0.3) is 0 Å². The van der Waals surface area contributed by atoms with Crippen LogP contribution >= 0.6 is 0 Å². The van der Waals surface area contributed by atoms with Crippen LogP contribution in [0.4, 0.5) is 0 Å². The Balaban J connectivity index is 3.16. The number of nitrogens with one attached hydrogen (secondary N) is 1. The summed E-state index contributed by atoms with van der Waals surface area (Å²) < 4.78 is 10.9. The van der Waals surface area contributed by atoms with E-state index in [2.05, 4.69) is 33.0 Å². The molecule has 3 heteroatoms. The highest BCUT2D eigenvalue weighted by Crippen LogP contribution is 2.12. The van der Waals surface area contributed by atoms with Crippen LogP contribution in [0, 0.1) is 5.92 Å². The van der Waals surface area contributed by atoms with Gasteiger partial charge in [-0.25, -0.2) is 0 Å². The molecule has 0 atom stereocenters. The molecule has 0 fully saturated rings. The molecule has 0 aromatic rings. The van der Waals surface area contributed by atoms with Crippen molar-refractivity contribution in [3.05, 3.63) is 0 Å². The minimum absolute atomic E-state index is 0.0596. The van der Waals surface area contributed by atoms with E-state index >= 15 is 0 Å². The van der Waals surface area contributed by atoms with Gasteiger partial charge in [0.1, 0.15) is 0 Å². The van der Waals surface area contributed by atoms with Crippen LogP contribution in [0.2, 0.25) is 0 Å². The van der Waals surface area contributed by atoms with Crippen molar-refractivity contribution in [1.29, 1.82) is 0 Å². The van der Waals surface area contributed by atoms with Crippen LogP contribution in [0.5, 0.6) is 0 Å². The molecule has 0 saturated heterocycles. The quantitative estimate of drug-likeness (QED) is 0.586. The number of hydrogen-bond acceptors (Lipinski definition) is 3. The van der Waals surface area contributed by atoms with Crippen LogP contribution < -0.4 is 5.32 Å². The molecule has 0 heterocycles. The Labute approximate surface area is 101 Å². The first-order chi connectivity index (χ1) is 7.48. The van der Waals surface area contributed by atoms with Crippen molar-refractivity contribution in [2.75, 3.05) is 33.4 Å². The predicted molar refractivity (Wildman–Crippen MR) is 68.8 cm³/mol. The van der Waals surface area contributed by atoms with Gasteiger partial charge in [0, 0.05) is 20.3 Å². The SMILES string of the molecule is COC(C)(C)CCOCCCNCC(C)C. The molecule has 0 aromatic carbocycles. The fourth-order valence-corrected chi connectivity index (χ4v) is 1.21. The molecule has 0 aliphatic carbocycles. The standard InChI is InChI=1S/C13H29NO2/c1-12(2)11-14-8-6-9-16-10-7-13(3,4)15-5/h12,14H,6-11H2,1-5H3. The summed E-state index contributed by atoms with van der Waals surface area (Å²) in [6.45, 7) is 12.4. The fraction of sp³-hybridized carbons (Fsp3) is 1.00. The average Bonchev–Trinajstić information content (AvgIpc) is 2.21. The summed E-state index contributed by atoms with van der Waals surface area (Å²) in [5.41, 5.74) is -0.0596. The van der Waals surface area contributed by atoms with Crippen molar-refractivity contribution >= 4 is 0 Å². The summed E-state index contributed by atoms with van der Waals surface area (Å²) >= 11 is 0. The van der Waals surface area contributed by atoms with E-state index < -0.39 is 0 Å². The summed E-state index contributed by atoms with van der Waals surface area (Å²) in [6, 6.07) is 0. The number of methoxy groups -OCH3 is 1. The molecular weight excluding hydrogens is 202 g/mol. The first-order valence-electron chi connectivity index (χ1n) is 6.31. The Morgan fingerprint density at radius 2 is 1.88 bits per heavy atom. The van der Waals surface area contributed by atoms with Gasteiger partial charge in [0.15, 0.2) is 0 Å². The smallest absolute Gasteiger partial charge is 0.0644 e. The van der Waals surface area contributed by atoms with E-state index in [4.69, 9.17) is 9.47 Å². The first-order valence-corrected chi connectivity index (χ1v) is 6.31. The van der Waals surface area contributed by atoms with E-state index in [1.807, 2.05) is 0 Å². The van der Waals surface area contributed by atoms with Gasteiger partial charge in [-0.15, -0.1) is 0 Å². The lowest BCUT2D eigenvalue weighted by Crippen LogP contribution is -2.25. The zero-order chi connectivity index (χ0) is 12.4. The molecule has 0 spiro atoms. The monoisotopic (exact) mass is 231 g/mol. The Morgan fingerprint density at radius 3 is 2.44 bits per heavy atom. The third-order valence-corrected chi connectivity index (χ3v) is 2.60. The summed E-state index contributed by atoms with van der Waals surface area (Å²) in [5.74, 6) is 0.725. The van der Waals surface area contributed by atoms with Gasteiger partial charge in [-0.2, -0.15) is 0 Å². The minimum atomic E-state index is -0.0596. The maximum absolute atomic E-state index is 5.56. The van der Waals surface area contributed by atoms with Crippen LogP contribution in [0.3, 0.4) is 0 Å². The first kappa shape index (κ1) is 15.9. The highest BCUT2D eigenvalue weighted by Gasteiger charge is 2.15. The molecule has 0 bridgehead atoms. The summed E-state index contributed by atoms with van der Waals surface area (Å²) in [4.78, 5) is 0. The minimum Gasteiger partial charge on any atom is -0.381 e. The van der Waals surface area contributed by atoms with E-state index in [0.717, 1.165) is 45.1 Å². The second kappa shape index (κ2) is 8.97. The molecule has 98 valence electrons. The third-order valence-electron chi connectivity index (χ3n) is 2.60. The fourth-order valence-electron chi connectivity index (χ4n) is 1.21. The molecule has 1 N–H and O–H groups in total. The van der Waals surface area contributed by atoms with Crippen molar-refractivity contribution in [2.45, 2.75) is 46.1 Å². The molecule has 0 aliphatic rings. The van der Waals surface area contributed by atoms with E-state index in [1.54, 1.807) is 7.11 Å². The zero-order valence-electron chi connectivity index (χ0n) is 11.6. The lowest BCUT2D eigenvalue weighted by atomic mass is 10.1. The maximum atomic E-state index is 5.56. The Kier molecular flexibility index (Phi) is 8.90. The molecule has 3 nitrogen and oxygen atoms in total. The Hall–Kier alpha value is -0.120. The summed E-state index contributed by atoms with van der Waals surface area (Å²) in [5, 5.41) is 3.40. The third kappa shape index (κ3) is 10.4. The lowest BCUT2D eigenvalue weighted by Gasteiger charge is -2.22. The highest BCUT2D eigenvalue weighted by molar-refractivity contribution is 4.66. The van der Waals surface area contributed by atoms with Crippen LogP contribution in [-0.2, 0) is 9.47 Å². The topological polar surface area (TPSA) is 30.5 Å². The van der Waals surface area contributed by atoms with Crippen LogP contribution in [0.1, 0.15) is 40.5 Å². The maximum Gasteiger partial charge on any atom is 0.0644 e. The summed E-state index contributed by atoms with van der Waals surface area (Å²) in [6.07, 6.45) is 2.03. The average molecular weight is 231 g/mol. The van der Waals surface area contributed by atoms with Crippen molar-refractivity contribution in [1.82, 2.24) is 5.32 Å². The van der Waals surface area contributed by atoms with Gasteiger partial charge >= 0.3 is 0 Å². The predicted octanol–water partition coefficient (Wildman–Crippen LogP) is 2.45. The highest BCUT2D eigenvalue weighted by atomic mass is 16.5. The van der Waals surface area contributed by atoms with E-state index in [1.165, 1.54) is 0 Å². The number of rotatable bonds is 10. The summed E-state index contributed by atoms with van der Waals surface area (Å²) in [7, 11) is 1.75. The second-order valence-corrected chi connectivity index (χ2v) is 5.28. The Bertz CT molecular complexity index is 158. The molecule has 0 aliphatic heterocycles. The molecule has 0 amide bonds. The molecule has 0 saturated carbocycles. The van der Waals surface area contributed by atoms with E-state index in [9.17, 15) is 0 Å². The Morgan fingerprint density at radius 1 is 1.19 bits per heavy atom. The van der Waals surface area contributed by atoms with E-state index in [0.29, 0.717) is 0 Å². The molecular formula is C13H29NO2. The van der Waals surface area contributed by atoms with E-state index in [-0.39, 0.29) is 5.60 Å². The molecule has 0 rings (SSSR count). The number of hydrogen-bond donors (Lipinski definition) is 1. The van der Waals surface area contributed by atoms with Crippen LogP contribution in [-0.4, -0.2) is 39.0 Å². The van der Waals surface area contributed by atoms with Crippen LogP contribution in [0.15, 0.2) is 0 Å².